The van der Waals surface area contributed by atoms with Crippen LogP contribution in [0.1, 0.15) is 175 Å². The second kappa shape index (κ2) is 48.2. The summed E-state index contributed by atoms with van der Waals surface area (Å²) in [7, 11) is 0. The van der Waals surface area contributed by atoms with Gasteiger partial charge in [-0.3, -0.25) is 14.4 Å². The van der Waals surface area contributed by atoms with Crippen LogP contribution in [0.25, 0.3) is 0 Å². The van der Waals surface area contributed by atoms with Crippen molar-refractivity contribution in [1.29, 1.82) is 0 Å². The van der Waals surface area contributed by atoms with Crippen molar-refractivity contribution in [2.75, 3.05) is 13.2 Å². The van der Waals surface area contributed by atoms with Gasteiger partial charge >= 0.3 is 17.9 Å². The van der Waals surface area contributed by atoms with Gasteiger partial charge in [-0.1, -0.05) is 193 Å². The van der Waals surface area contributed by atoms with Gasteiger partial charge in [0.25, 0.3) is 0 Å². The molecule has 61 heavy (non-hydrogen) atoms. The number of allylic oxidation sites excluding steroid dienone is 22. The molecule has 1 atom stereocenters. The van der Waals surface area contributed by atoms with E-state index < -0.39 is 6.10 Å². The van der Waals surface area contributed by atoms with Crippen LogP contribution in [-0.4, -0.2) is 37.2 Å². The third kappa shape index (κ3) is 46.5. The zero-order valence-corrected chi connectivity index (χ0v) is 38.6. The van der Waals surface area contributed by atoms with E-state index in [0.29, 0.717) is 12.8 Å². The first-order valence-electron chi connectivity index (χ1n) is 23.8. The molecule has 0 fully saturated rings. The minimum atomic E-state index is -0.824. The zero-order valence-electron chi connectivity index (χ0n) is 38.6. The number of unbranched alkanes of at least 4 members (excludes halogenated alkanes) is 11. The molecule has 0 aliphatic rings. The highest BCUT2D eigenvalue weighted by atomic mass is 16.6. The van der Waals surface area contributed by atoms with Crippen molar-refractivity contribution in [3.05, 3.63) is 134 Å². The van der Waals surface area contributed by atoms with Crippen molar-refractivity contribution in [3.63, 3.8) is 0 Å². The molecule has 0 aromatic heterocycles. The van der Waals surface area contributed by atoms with E-state index in [9.17, 15) is 14.4 Å². The molecular formula is C55H84O6. The van der Waals surface area contributed by atoms with Crippen molar-refractivity contribution in [2.24, 2.45) is 0 Å². The van der Waals surface area contributed by atoms with Gasteiger partial charge in [0.05, 0.1) is 0 Å². The van der Waals surface area contributed by atoms with Crippen molar-refractivity contribution in [1.82, 2.24) is 0 Å². The largest absolute Gasteiger partial charge is 0.462 e. The summed E-state index contributed by atoms with van der Waals surface area (Å²) >= 11 is 0. The van der Waals surface area contributed by atoms with Gasteiger partial charge in [0.1, 0.15) is 13.2 Å². The van der Waals surface area contributed by atoms with E-state index in [4.69, 9.17) is 14.2 Å². The van der Waals surface area contributed by atoms with Crippen LogP contribution in [0, 0.1) is 0 Å². The Kier molecular flexibility index (Phi) is 44.7. The van der Waals surface area contributed by atoms with Crippen LogP contribution in [0.15, 0.2) is 134 Å². The number of rotatable bonds is 40. The maximum Gasteiger partial charge on any atom is 0.306 e. The molecule has 340 valence electrons. The number of hydrogen-bond donors (Lipinski definition) is 0. The topological polar surface area (TPSA) is 78.9 Å². The minimum absolute atomic E-state index is 0.121. The fraction of sp³-hybridized carbons (Fsp3) is 0.545. The molecule has 0 N–H and O–H groups in total. The number of carbonyl (C=O) groups is 3. The fourth-order valence-corrected chi connectivity index (χ4v) is 5.77. The lowest BCUT2D eigenvalue weighted by atomic mass is 10.1. The molecular weight excluding hydrogens is 757 g/mol. The highest BCUT2D eigenvalue weighted by Gasteiger charge is 2.19. The van der Waals surface area contributed by atoms with E-state index >= 15 is 0 Å². The van der Waals surface area contributed by atoms with Gasteiger partial charge in [0, 0.05) is 19.3 Å². The molecule has 0 amide bonds. The minimum Gasteiger partial charge on any atom is -0.462 e. The Hall–Kier alpha value is -4.45. The van der Waals surface area contributed by atoms with Crippen LogP contribution in [-0.2, 0) is 28.6 Å². The zero-order chi connectivity index (χ0) is 44.4. The average Bonchev–Trinajstić information content (AvgIpc) is 3.26. The predicted octanol–water partition coefficient (Wildman–Crippen LogP) is 15.5. The predicted molar refractivity (Wildman–Crippen MR) is 260 cm³/mol. The lowest BCUT2D eigenvalue weighted by molar-refractivity contribution is -0.167. The average molecular weight is 841 g/mol. The van der Waals surface area contributed by atoms with E-state index in [1.807, 2.05) is 12.2 Å². The van der Waals surface area contributed by atoms with Crippen molar-refractivity contribution in [3.8, 4) is 0 Å². The van der Waals surface area contributed by atoms with Gasteiger partial charge in [-0.2, -0.15) is 0 Å². The summed E-state index contributed by atoms with van der Waals surface area (Å²) in [5.41, 5.74) is 0. The summed E-state index contributed by atoms with van der Waals surface area (Å²) in [6.45, 7) is 6.14. The molecule has 0 bridgehead atoms. The highest BCUT2D eigenvalue weighted by molar-refractivity contribution is 5.71. The molecule has 0 aliphatic carbocycles. The van der Waals surface area contributed by atoms with Crippen molar-refractivity contribution < 1.29 is 28.6 Å². The third-order valence-corrected chi connectivity index (χ3v) is 9.25. The number of hydrogen-bond acceptors (Lipinski definition) is 6. The third-order valence-electron chi connectivity index (χ3n) is 9.25. The van der Waals surface area contributed by atoms with Gasteiger partial charge in [-0.25, -0.2) is 0 Å². The number of esters is 3. The van der Waals surface area contributed by atoms with Crippen LogP contribution in [0.5, 0.6) is 0 Å². The lowest BCUT2D eigenvalue weighted by Crippen LogP contribution is -2.30. The molecule has 0 saturated carbocycles. The smallest absolute Gasteiger partial charge is 0.306 e. The first kappa shape index (κ1) is 56.5. The van der Waals surface area contributed by atoms with Crippen molar-refractivity contribution in [2.45, 2.75) is 181 Å². The summed E-state index contributed by atoms with van der Waals surface area (Å²) in [6, 6.07) is 0. The van der Waals surface area contributed by atoms with Crippen molar-refractivity contribution >= 4 is 17.9 Å². The molecule has 0 aromatic carbocycles. The van der Waals surface area contributed by atoms with Gasteiger partial charge in [-0.15, -0.1) is 0 Å². The van der Waals surface area contributed by atoms with Crippen LogP contribution >= 0.6 is 0 Å². The second-order valence-corrected chi connectivity index (χ2v) is 15.0. The van der Waals surface area contributed by atoms with E-state index in [0.717, 1.165) is 128 Å². The molecule has 0 aliphatic heterocycles. The Labute approximate surface area is 373 Å². The Morgan fingerprint density at radius 3 is 1.15 bits per heavy atom. The van der Waals surface area contributed by atoms with Crippen LogP contribution in [0.4, 0.5) is 0 Å². The molecule has 0 radical (unpaired) electrons. The van der Waals surface area contributed by atoms with Crippen LogP contribution in [0.3, 0.4) is 0 Å². The Bertz CT molecular complexity index is 1380. The summed E-state index contributed by atoms with van der Waals surface area (Å²) in [5, 5.41) is 0. The number of carbonyl (C=O) groups excluding carboxylic acids is 3. The van der Waals surface area contributed by atoms with E-state index in [-0.39, 0.29) is 44.0 Å². The molecule has 1 unspecified atom stereocenters. The summed E-state index contributed by atoms with van der Waals surface area (Å²) in [6.07, 6.45) is 67.2. The molecule has 6 nitrogen and oxygen atoms in total. The maximum absolute atomic E-state index is 12.7. The standard InChI is InChI=1S/C55H84O6/c1-4-7-10-13-16-19-22-25-26-27-28-31-33-36-39-42-45-48-54(57)60-51-52(61-55(58)49-46-43-40-37-34-30-24-21-18-15-12-9-6-3)50-59-53(56)47-44-41-38-35-32-29-23-20-17-14-11-8-5-2/h7-12,14-21,23-26,28,31,36,39,52H,4-6,13,22,27,29-30,32-35,37-38,40-51H2,1-3H3/b10-7-,11-8-,12-9-,17-14-,18-15-,19-16-,23-20-,24-21-,26-25-,31-28-,39-36-. The molecule has 0 heterocycles. The lowest BCUT2D eigenvalue weighted by Gasteiger charge is -2.18. The Balaban J connectivity index is 4.57. The first-order chi connectivity index (χ1) is 30.0. The molecule has 0 rings (SSSR count). The number of ether oxygens (including phenoxy) is 3. The normalized spacial score (nSPS) is 13.3. The SMILES string of the molecule is CC\C=C/C=C\C=C/CCCCCCCC(=O)OCC(COC(=O)CCC/C=C\C/C=C\C/C=C\C/C=C\C/C=C\CC)OC(=O)CCCCCCC\C=C/C=C\C=C/CC. The van der Waals surface area contributed by atoms with Gasteiger partial charge in [-0.05, 0) is 96.3 Å². The second-order valence-electron chi connectivity index (χ2n) is 15.0. The maximum atomic E-state index is 12.7. The van der Waals surface area contributed by atoms with Gasteiger partial charge in [0.15, 0.2) is 6.10 Å². The fourth-order valence-electron chi connectivity index (χ4n) is 5.77. The molecule has 0 aromatic rings. The first-order valence-corrected chi connectivity index (χ1v) is 23.8. The van der Waals surface area contributed by atoms with Crippen LogP contribution < -0.4 is 0 Å². The Morgan fingerprint density at radius 2 is 0.689 bits per heavy atom. The Morgan fingerprint density at radius 1 is 0.344 bits per heavy atom. The van der Waals surface area contributed by atoms with Gasteiger partial charge in [0.2, 0.25) is 0 Å². The van der Waals surface area contributed by atoms with E-state index in [2.05, 4.69) is 142 Å². The van der Waals surface area contributed by atoms with E-state index in [1.54, 1.807) is 0 Å². The summed E-state index contributed by atoms with van der Waals surface area (Å²) < 4.78 is 16.7. The quantitative estimate of drug-likeness (QED) is 0.0201. The van der Waals surface area contributed by atoms with Crippen LogP contribution in [0.2, 0.25) is 0 Å². The molecule has 6 heteroatoms. The highest BCUT2D eigenvalue weighted by Crippen LogP contribution is 2.12. The summed E-state index contributed by atoms with van der Waals surface area (Å²) in [4.78, 5) is 37.8. The van der Waals surface area contributed by atoms with Gasteiger partial charge < -0.3 is 14.2 Å². The summed E-state index contributed by atoms with van der Waals surface area (Å²) in [5.74, 6) is -1.04. The monoisotopic (exact) mass is 841 g/mol. The molecule has 0 spiro atoms. The molecule has 0 saturated heterocycles. The van der Waals surface area contributed by atoms with E-state index in [1.165, 1.54) is 0 Å².